The second-order valence-corrected chi connectivity index (χ2v) is 15.3. The Labute approximate surface area is 306 Å². The fraction of sp³-hybridized carbons (Fsp3) is 0.350. The van der Waals surface area contributed by atoms with Gasteiger partial charge in [0.05, 0.1) is 36.8 Å². The molecule has 0 radical (unpaired) electrons. The van der Waals surface area contributed by atoms with Crippen molar-refractivity contribution in [2.75, 3.05) is 33.4 Å². The maximum absolute atomic E-state index is 14.5. The summed E-state index contributed by atoms with van der Waals surface area (Å²) in [6, 6.07) is 12.8. The van der Waals surface area contributed by atoms with E-state index in [1.807, 2.05) is 38.4 Å². The lowest BCUT2D eigenvalue weighted by Gasteiger charge is -2.40. The van der Waals surface area contributed by atoms with E-state index in [0.29, 0.717) is 62.4 Å². The molecule has 2 aliphatic heterocycles. The van der Waals surface area contributed by atoms with Crippen molar-refractivity contribution < 1.29 is 28.6 Å². The van der Waals surface area contributed by atoms with Gasteiger partial charge in [0, 0.05) is 70.8 Å². The van der Waals surface area contributed by atoms with E-state index in [1.165, 1.54) is 25.3 Å². The van der Waals surface area contributed by atoms with Crippen LogP contribution in [-0.4, -0.2) is 80.6 Å². The van der Waals surface area contributed by atoms with Gasteiger partial charge in [0.1, 0.15) is 17.2 Å². The normalized spacial score (nSPS) is 15.7. The van der Waals surface area contributed by atoms with Gasteiger partial charge >= 0.3 is 6.09 Å². The molecule has 0 bridgehead atoms. The molecular weight excluding hydrogens is 682 g/mol. The molecule has 7 rings (SSSR count). The molecule has 3 aromatic heterocycles. The quantitative estimate of drug-likeness (QED) is 0.174. The van der Waals surface area contributed by atoms with Crippen LogP contribution in [0.1, 0.15) is 44.7 Å². The van der Waals surface area contributed by atoms with Crippen LogP contribution in [0.25, 0.3) is 43.7 Å². The number of piperidine rings is 1. The number of aliphatic hydroxyl groups excluding tert-OH is 1. The van der Waals surface area contributed by atoms with Gasteiger partial charge in [0.15, 0.2) is 0 Å². The minimum Gasteiger partial charge on any atom is -0.496 e. The number of ether oxygens (including phenoxy) is 2. The second kappa shape index (κ2) is 13.8. The van der Waals surface area contributed by atoms with Gasteiger partial charge in [-0.2, -0.15) is 5.10 Å². The number of nitrogens with zero attached hydrogens (tertiary/aromatic N) is 5. The molecular formula is C40H42FN5O5S. The van der Waals surface area contributed by atoms with E-state index < -0.39 is 17.0 Å². The number of hydrogen-bond donors (Lipinski definition) is 1. The fourth-order valence-electron chi connectivity index (χ4n) is 7.19. The summed E-state index contributed by atoms with van der Waals surface area (Å²) in [7, 11) is 1.52. The van der Waals surface area contributed by atoms with Crippen LogP contribution >= 0.6 is 11.3 Å². The highest BCUT2D eigenvalue weighted by Crippen LogP contribution is 2.46. The smallest absolute Gasteiger partial charge is 0.410 e. The van der Waals surface area contributed by atoms with Crippen molar-refractivity contribution in [2.45, 2.75) is 57.7 Å². The molecule has 0 saturated carbocycles. The zero-order valence-corrected chi connectivity index (χ0v) is 30.6. The lowest BCUT2D eigenvalue weighted by Crippen LogP contribution is -2.49. The molecule has 5 aromatic rings. The Kier molecular flexibility index (Phi) is 9.39. The zero-order chi connectivity index (χ0) is 36.8. The number of pyridine rings is 1. The molecule has 52 heavy (non-hydrogen) atoms. The van der Waals surface area contributed by atoms with Crippen molar-refractivity contribution >= 4 is 33.4 Å². The maximum atomic E-state index is 14.5. The number of fused-ring (bicyclic) bond motifs is 2. The summed E-state index contributed by atoms with van der Waals surface area (Å²) in [6.45, 7) is 11.0. The molecule has 2 aliphatic rings. The third-order valence-electron chi connectivity index (χ3n) is 10.0. The molecule has 10 nitrogen and oxygen atoms in total. The predicted octanol–water partition coefficient (Wildman–Crippen LogP) is 7.43. The molecule has 0 spiro atoms. The molecule has 0 unspecified atom stereocenters. The Bertz CT molecular complexity index is 2180. The van der Waals surface area contributed by atoms with Crippen LogP contribution in [0.15, 0.2) is 72.9 Å². The summed E-state index contributed by atoms with van der Waals surface area (Å²) < 4.78 is 28.6. The molecule has 12 heteroatoms. The molecule has 270 valence electrons. The predicted molar refractivity (Wildman–Crippen MR) is 200 cm³/mol. The first-order chi connectivity index (χ1) is 24.9. The van der Waals surface area contributed by atoms with E-state index in [-0.39, 0.29) is 18.6 Å². The van der Waals surface area contributed by atoms with Crippen LogP contribution in [0.2, 0.25) is 0 Å². The number of carbonyl (C=O) groups excluding carboxylic acids is 2. The van der Waals surface area contributed by atoms with E-state index in [9.17, 15) is 19.1 Å². The van der Waals surface area contributed by atoms with Gasteiger partial charge in [-0.05, 0) is 86.9 Å². The molecule has 1 fully saturated rings. The minimum atomic E-state index is -0.703. The number of halogens is 1. The lowest BCUT2D eigenvalue weighted by atomic mass is 9.88. The Morgan fingerprint density at radius 2 is 1.83 bits per heavy atom. The summed E-state index contributed by atoms with van der Waals surface area (Å²) in [6.07, 6.45) is 6.37. The molecule has 2 amide bonds. The number of likely N-dealkylation sites (tertiary alicyclic amines) is 1. The Morgan fingerprint density at radius 3 is 2.54 bits per heavy atom. The van der Waals surface area contributed by atoms with Crippen LogP contribution in [0.3, 0.4) is 0 Å². The average molecular weight is 724 g/mol. The molecule has 5 heterocycles. The van der Waals surface area contributed by atoms with Crippen LogP contribution < -0.4 is 4.74 Å². The number of hydrogen-bond acceptors (Lipinski definition) is 8. The van der Waals surface area contributed by atoms with Crippen LogP contribution in [0.5, 0.6) is 5.75 Å². The SMILES string of the molecule is C=CC(=O)N1CCC(CO)(n2cc(-c3nc(-c4ccc5c(c4)CCN(C(=O)OC(C)(C)C)C5)c4ccsc4c3-c3ccc(F)cc3OC)cn2)CC1. The van der Waals surface area contributed by atoms with Crippen molar-refractivity contribution in [3.05, 3.63) is 89.8 Å². The summed E-state index contributed by atoms with van der Waals surface area (Å²) in [5.41, 5.74) is 5.51. The summed E-state index contributed by atoms with van der Waals surface area (Å²) in [5, 5.41) is 18.4. The van der Waals surface area contributed by atoms with E-state index in [4.69, 9.17) is 19.6 Å². The molecule has 1 saturated heterocycles. The molecule has 0 atom stereocenters. The Hall–Kier alpha value is -5.07. The topological polar surface area (TPSA) is 110 Å². The van der Waals surface area contributed by atoms with Crippen LogP contribution in [0.4, 0.5) is 9.18 Å². The Morgan fingerprint density at radius 1 is 1.04 bits per heavy atom. The summed E-state index contributed by atoms with van der Waals surface area (Å²) in [4.78, 5) is 34.0. The number of aliphatic hydroxyl groups is 1. The molecule has 0 aliphatic carbocycles. The van der Waals surface area contributed by atoms with Gasteiger partial charge < -0.3 is 24.4 Å². The first-order valence-electron chi connectivity index (χ1n) is 17.4. The highest BCUT2D eigenvalue weighted by molar-refractivity contribution is 7.18. The van der Waals surface area contributed by atoms with Crippen molar-refractivity contribution in [3.8, 4) is 39.4 Å². The molecule has 2 aromatic carbocycles. The van der Waals surface area contributed by atoms with E-state index in [2.05, 4.69) is 24.8 Å². The minimum absolute atomic E-state index is 0.130. The Balaban J connectivity index is 1.33. The van der Waals surface area contributed by atoms with Gasteiger partial charge in [-0.15, -0.1) is 11.3 Å². The number of thiophene rings is 1. The van der Waals surface area contributed by atoms with Crippen molar-refractivity contribution in [1.82, 2.24) is 24.6 Å². The van der Waals surface area contributed by atoms with Gasteiger partial charge in [-0.1, -0.05) is 18.7 Å². The second-order valence-electron chi connectivity index (χ2n) is 14.4. The van der Waals surface area contributed by atoms with Crippen molar-refractivity contribution in [2.24, 2.45) is 0 Å². The van der Waals surface area contributed by atoms with Gasteiger partial charge in [0.2, 0.25) is 5.91 Å². The van der Waals surface area contributed by atoms with Crippen molar-refractivity contribution in [1.29, 1.82) is 0 Å². The summed E-state index contributed by atoms with van der Waals surface area (Å²) in [5.74, 6) is -0.158. The molecule has 1 N–H and O–H groups in total. The number of methoxy groups -OCH3 is 1. The number of benzene rings is 2. The average Bonchev–Trinajstić information content (AvgIpc) is 3.84. The lowest BCUT2D eigenvalue weighted by molar-refractivity contribution is -0.128. The van der Waals surface area contributed by atoms with Crippen LogP contribution in [0, 0.1) is 5.82 Å². The van der Waals surface area contributed by atoms with Gasteiger partial charge in [-0.25, -0.2) is 14.2 Å². The fourth-order valence-corrected chi connectivity index (χ4v) is 8.15. The third-order valence-corrected chi connectivity index (χ3v) is 10.9. The third kappa shape index (κ3) is 6.56. The van der Waals surface area contributed by atoms with E-state index in [1.54, 1.807) is 38.1 Å². The zero-order valence-electron chi connectivity index (χ0n) is 29.8. The number of amides is 2. The van der Waals surface area contributed by atoms with Crippen LogP contribution in [-0.2, 0) is 28.0 Å². The first kappa shape index (κ1) is 35.3. The van der Waals surface area contributed by atoms with E-state index >= 15 is 0 Å². The number of rotatable bonds is 7. The standard InChI is InChI=1S/C40H42FN5O5S/c1-6-33(48)44-16-13-40(24-47,14-17-44)46-23-28(21-42-46)36-34(30-10-9-29(41)20-32(30)50-5)37-31(12-18-52-37)35(43-36)26-7-8-27-22-45(15-11-25(27)19-26)38(49)51-39(2,3)4/h6-10,12,18-21,23,47H,1,11,13-17,22,24H2,2-5H3. The highest BCUT2D eigenvalue weighted by Gasteiger charge is 2.38. The number of aromatic nitrogens is 3. The maximum Gasteiger partial charge on any atom is 0.410 e. The van der Waals surface area contributed by atoms with Gasteiger partial charge in [-0.3, -0.25) is 9.48 Å². The van der Waals surface area contributed by atoms with Gasteiger partial charge in [0.25, 0.3) is 0 Å². The number of carbonyl (C=O) groups is 2. The summed E-state index contributed by atoms with van der Waals surface area (Å²) >= 11 is 1.57. The van der Waals surface area contributed by atoms with E-state index in [0.717, 1.165) is 43.6 Å². The monoisotopic (exact) mass is 723 g/mol. The first-order valence-corrected chi connectivity index (χ1v) is 18.2. The highest BCUT2D eigenvalue weighted by atomic mass is 32.1. The van der Waals surface area contributed by atoms with Crippen molar-refractivity contribution in [3.63, 3.8) is 0 Å². The largest absolute Gasteiger partial charge is 0.496 e.